The van der Waals surface area contributed by atoms with E-state index < -0.39 is 30.3 Å². The van der Waals surface area contributed by atoms with Crippen LogP contribution >= 0.6 is 11.6 Å². The molecule has 1 saturated heterocycles. The summed E-state index contributed by atoms with van der Waals surface area (Å²) in [4.78, 5) is 26.4. The lowest BCUT2D eigenvalue weighted by Crippen LogP contribution is -2.56. The van der Waals surface area contributed by atoms with Crippen LogP contribution in [-0.4, -0.2) is 48.2 Å². The second kappa shape index (κ2) is 9.04. The van der Waals surface area contributed by atoms with Gasteiger partial charge in [0.1, 0.15) is 18.8 Å². The van der Waals surface area contributed by atoms with Crippen molar-refractivity contribution in [1.82, 2.24) is 4.90 Å². The lowest BCUT2D eigenvalue weighted by Gasteiger charge is -2.37. The summed E-state index contributed by atoms with van der Waals surface area (Å²) >= 11 is 5.77. The topological polar surface area (TPSA) is 55.8 Å². The van der Waals surface area contributed by atoms with Gasteiger partial charge in [-0.15, -0.1) is 11.6 Å². The summed E-state index contributed by atoms with van der Waals surface area (Å²) in [5.41, 5.74) is -0.398. The molecule has 0 saturated carbocycles. The Morgan fingerprint density at radius 2 is 2.08 bits per heavy atom. The number of amides is 1. The summed E-state index contributed by atoms with van der Waals surface area (Å²) in [6.07, 6.45) is 0.849. The first-order chi connectivity index (χ1) is 12.1. The predicted molar refractivity (Wildman–Crippen MR) is 92.2 cm³/mol. The third-order valence-electron chi connectivity index (χ3n) is 4.59. The monoisotopic (exact) mass is 371 g/mol. The molecule has 0 bridgehead atoms. The number of likely N-dealkylation sites (tertiary alicyclic amines) is 1. The van der Waals surface area contributed by atoms with E-state index in [9.17, 15) is 14.0 Å². The van der Waals surface area contributed by atoms with E-state index in [0.29, 0.717) is 31.6 Å². The van der Waals surface area contributed by atoms with E-state index in [1.165, 1.54) is 12.0 Å². The molecule has 0 unspecified atom stereocenters. The zero-order valence-electron chi connectivity index (χ0n) is 14.2. The number of hydrogen-bond acceptors (Lipinski definition) is 4. The lowest BCUT2D eigenvalue weighted by molar-refractivity contribution is -0.154. The number of carbonyl (C=O) groups excluding carboxylic acids is 2. The average molecular weight is 372 g/mol. The first kappa shape index (κ1) is 19.5. The van der Waals surface area contributed by atoms with Crippen molar-refractivity contribution in [2.75, 3.05) is 19.7 Å². The number of esters is 1. The Balaban J connectivity index is 2.20. The second-order valence-electron chi connectivity index (χ2n) is 6.07. The van der Waals surface area contributed by atoms with Crippen molar-refractivity contribution in [2.45, 2.75) is 43.9 Å². The fraction of sp³-hybridized carbons (Fsp3) is 0.556. The fourth-order valence-electron chi connectivity index (χ4n) is 3.36. The number of ether oxygens (including phenoxy) is 2. The van der Waals surface area contributed by atoms with Gasteiger partial charge in [-0.3, -0.25) is 4.90 Å². The number of methoxy groups -OCH3 is 1. The van der Waals surface area contributed by atoms with E-state index in [4.69, 9.17) is 21.1 Å². The van der Waals surface area contributed by atoms with Gasteiger partial charge in [0.05, 0.1) is 13.2 Å². The number of benzene rings is 1. The van der Waals surface area contributed by atoms with Gasteiger partial charge in [0.25, 0.3) is 0 Å². The van der Waals surface area contributed by atoms with Gasteiger partial charge in [-0.2, -0.15) is 0 Å². The molecule has 138 valence electrons. The van der Waals surface area contributed by atoms with Crippen LogP contribution in [0.5, 0.6) is 0 Å². The van der Waals surface area contributed by atoms with Gasteiger partial charge in [-0.1, -0.05) is 30.3 Å². The van der Waals surface area contributed by atoms with Crippen molar-refractivity contribution in [3.8, 4) is 0 Å². The number of rotatable bonds is 7. The minimum absolute atomic E-state index is 0.0575. The molecule has 0 N–H and O–H groups in total. The van der Waals surface area contributed by atoms with E-state index in [-0.39, 0.29) is 6.61 Å². The largest absolute Gasteiger partial charge is 0.467 e. The molecule has 0 aromatic heterocycles. The van der Waals surface area contributed by atoms with Crippen LogP contribution in [-0.2, 0) is 20.9 Å². The molecule has 1 aliphatic rings. The third kappa shape index (κ3) is 4.24. The molecule has 2 rings (SSSR count). The van der Waals surface area contributed by atoms with Gasteiger partial charge >= 0.3 is 12.1 Å². The van der Waals surface area contributed by atoms with Crippen molar-refractivity contribution >= 4 is 23.7 Å². The molecule has 25 heavy (non-hydrogen) atoms. The highest BCUT2D eigenvalue weighted by atomic mass is 35.5. The van der Waals surface area contributed by atoms with Gasteiger partial charge in [0, 0.05) is 5.88 Å². The third-order valence-corrected chi connectivity index (χ3v) is 4.85. The van der Waals surface area contributed by atoms with Crippen LogP contribution in [0.1, 0.15) is 31.2 Å². The highest BCUT2D eigenvalue weighted by molar-refractivity contribution is 6.17. The van der Waals surface area contributed by atoms with Gasteiger partial charge in [-0.25, -0.2) is 14.0 Å². The zero-order chi connectivity index (χ0) is 18.3. The van der Waals surface area contributed by atoms with Crippen LogP contribution in [0, 0.1) is 0 Å². The normalized spacial score (nSPS) is 22.7. The molecule has 1 aromatic rings. The van der Waals surface area contributed by atoms with Crippen molar-refractivity contribution in [3.05, 3.63) is 35.9 Å². The van der Waals surface area contributed by atoms with E-state index in [1.54, 1.807) is 0 Å². The van der Waals surface area contributed by atoms with Crippen molar-refractivity contribution in [2.24, 2.45) is 0 Å². The molecule has 5 nitrogen and oxygen atoms in total. The molecule has 1 amide bonds. The SMILES string of the molecule is COC(=O)[C@]1(CCCCl)CC[C@@H](CF)N1C(=O)OCc1ccccc1. The molecule has 2 atom stereocenters. The Kier molecular flexibility index (Phi) is 7.05. The molecule has 0 radical (unpaired) electrons. The maximum absolute atomic E-state index is 13.5. The fourth-order valence-corrected chi connectivity index (χ4v) is 3.49. The summed E-state index contributed by atoms with van der Waals surface area (Å²) < 4.78 is 23.7. The van der Waals surface area contributed by atoms with Crippen LogP contribution in [0.2, 0.25) is 0 Å². The summed E-state index contributed by atoms with van der Waals surface area (Å²) in [7, 11) is 1.26. The van der Waals surface area contributed by atoms with Crippen molar-refractivity contribution in [1.29, 1.82) is 0 Å². The predicted octanol–water partition coefficient (Wildman–Crippen LogP) is 3.69. The molecule has 7 heteroatoms. The number of halogens is 2. The van der Waals surface area contributed by atoms with Crippen LogP contribution in [0.25, 0.3) is 0 Å². The molecule has 1 aromatic carbocycles. The van der Waals surface area contributed by atoms with Crippen LogP contribution < -0.4 is 0 Å². The van der Waals surface area contributed by atoms with Gasteiger partial charge in [0.2, 0.25) is 0 Å². The number of hydrogen-bond donors (Lipinski definition) is 0. The molecule has 0 aliphatic carbocycles. The Hall–Kier alpha value is -1.82. The number of nitrogens with zero attached hydrogens (tertiary/aromatic N) is 1. The standard InChI is InChI=1S/C18H23ClFNO4/c1-24-16(22)18(9-5-11-19)10-8-15(12-20)21(18)17(23)25-13-14-6-3-2-4-7-14/h2-4,6-7,15H,5,8-13H2,1H3/t15-,18-/m0/s1. The maximum Gasteiger partial charge on any atom is 0.411 e. The molecule has 1 aliphatic heterocycles. The Labute approximate surface area is 152 Å². The average Bonchev–Trinajstić information content (AvgIpc) is 3.04. The second-order valence-corrected chi connectivity index (χ2v) is 6.45. The highest BCUT2D eigenvalue weighted by Crippen LogP contribution is 2.39. The zero-order valence-corrected chi connectivity index (χ0v) is 15.0. The summed E-state index contributed by atoms with van der Waals surface area (Å²) in [5.74, 6) is -0.211. The molecular weight excluding hydrogens is 349 g/mol. The molecule has 1 fully saturated rings. The summed E-state index contributed by atoms with van der Waals surface area (Å²) in [5, 5.41) is 0. The Morgan fingerprint density at radius 1 is 1.36 bits per heavy atom. The van der Waals surface area contributed by atoms with Gasteiger partial charge in [-0.05, 0) is 31.2 Å². The van der Waals surface area contributed by atoms with Crippen LogP contribution in [0.15, 0.2) is 30.3 Å². The minimum atomic E-state index is -1.21. The smallest absolute Gasteiger partial charge is 0.411 e. The number of carbonyl (C=O) groups is 2. The van der Waals surface area contributed by atoms with Crippen molar-refractivity contribution < 1.29 is 23.5 Å². The molecule has 1 heterocycles. The van der Waals surface area contributed by atoms with Crippen LogP contribution in [0.3, 0.4) is 0 Å². The quantitative estimate of drug-likeness (QED) is 0.542. The lowest BCUT2D eigenvalue weighted by atomic mass is 9.91. The molecule has 0 spiro atoms. The highest BCUT2D eigenvalue weighted by Gasteiger charge is 2.55. The minimum Gasteiger partial charge on any atom is -0.467 e. The maximum atomic E-state index is 13.5. The Morgan fingerprint density at radius 3 is 2.68 bits per heavy atom. The van der Waals surface area contributed by atoms with Crippen LogP contribution in [0.4, 0.5) is 9.18 Å². The summed E-state index contributed by atoms with van der Waals surface area (Å²) in [6.45, 7) is -0.679. The van der Waals surface area contributed by atoms with E-state index in [0.717, 1.165) is 5.56 Å². The Bertz CT molecular complexity index is 586. The summed E-state index contributed by atoms with van der Waals surface area (Å²) in [6, 6.07) is 8.48. The number of alkyl halides is 2. The van der Waals surface area contributed by atoms with Gasteiger partial charge < -0.3 is 9.47 Å². The molecular formula is C18H23ClFNO4. The van der Waals surface area contributed by atoms with Crippen molar-refractivity contribution in [3.63, 3.8) is 0 Å². The van der Waals surface area contributed by atoms with E-state index >= 15 is 0 Å². The van der Waals surface area contributed by atoms with E-state index in [2.05, 4.69) is 0 Å². The first-order valence-electron chi connectivity index (χ1n) is 8.29. The first-order valence-corrected chi connectivity index (χ1v) is 8.83. The van der Waals surface area contributed by atoms with Gasteiger partial charge in [0.15, 0.2) is 0 Å². The van der Waals surface area contributed by atoms with E-state index in [1.807, 2.05) is 30.3 Å².